The van der Waals surface area contributed by atoms with E-state index in [4.69, 9.17) is 4.98 Å². The summed E-state index contributed by atoms with van der Waals surface area (Å²) in [6.45, 7) is 0. The van der Waals surface area contributed by atoms with Crippen molar-refractivity contribution in [2.45, 2.75) is 69.6 Å². The lowest BCUT2D eigenvalue weighted by atomic mass is 9.93. The van der Waals surface area contributed by atoms with Crippen molar-refractivity contribution in [2.75, 3.05) is 10.6 Å². The minimum absolute atomic E-state index is 0.0841. The standard InChI is InChI=1S/C22H26F2N6O/c23-14-8-5-9-15(24)19(14)28-22-27-17-12-25-21(26-16-10-3-4-11-18(16)31)29-20(17)30(22)13-6-1-2-7-13/h5,8-9,12-13,16,18,31H,1-4,6-7,10-11H2,(H,27,28)(H,25,26,29). The maximum absolute atomic E-state index is 14.3. The number of halogens is 2. The normalized spacial score (nSPS) is 22.2. The number of aromatic nitrogens is 4. The van der Waals surface area contributed by atoms with E-state index in [1.807, 2.05) is 4.57 Å². The zero-order valence-electron chi connectivity index (χ0n) is 17.2. The van der Waals surface area contributed by atoms with Crippen molar-refractivity contribution >= 4 is 28.7 Å². The van der Waals surface area contributed by atoms with Crippen molar-refractivity contribution in [3.05, 3.63) is 36.0 Å². The van der Waals surface area contributed by atoms with Gasteiger partial charge < -0.3 is 15.7 Å². The average Bonchev–Trinajstić information content (AvgIpc) is 3.39. The zero-order chi connectivity index (χ0) is 21.4. The van der Waals surface area contributed by atoms with Crippen LogP contribution in [0, 0.1) is 11.6 Å². The van der Waals surface area contributed by atoms with E-state index in [2.05, 4.69) is 20.6 Å². The Labute approximate surface area is 178 Å². The van der Waals surface area contributed by atoms with Gasteiger partial charge in [0.05, 0.1) is 18.3 Å². The van der Waals surface area contributed by atoms with Crippen LogP contribution >= 0.6 is 0 Å². The average molecular weight is 428 g/mol. The molecule has 2 aliphatic carbocycles. The van der Waals surface area contributed by atoms with E-state index >= 15 is 0 Å². The molecule has 2 unspecified atom stereocenters. The third-order valence-electron chi connectivity index (χ3n) is 6.37. The summed E-state index contributed by atoms with van der Waals surface area (Å²) in [5.41, 5.74) is 0.948. The third kappa shape index (κ3) is 3.94. The number of para-hydroxylation sites is 1. The summed E-state index contributed by atoms with van der Waals surface area (Å²) in [5.74, 6) is -0.564. The zero-order valence-corrected chi connectivity index (χ0v) is 17.2. The van der Waals surface area contributed by atoms with Gasteiger partial charge >= 0.3 is 0 Å². The first-order valence-electron chi connectivity index (χ1n) is 11.0. The fraction of sp³-hybridized carbons (Fsp3) is 0.500. The van der Waals surface area contributed by atoms with E-state index < -0.39 is 17.7 Å². The van der Waals surface area contributed by atoms with Gasteiger partial charge in [-0.25, -0.2) is 18.7 Å². The van der Waals surface area contributed by atoms with E-state index in [1.165, 1.54) is 18.2 Å². The summed E-state index contributed by atoms with van der Waals surface area (Å²) in [6, 6.07) is 3.82. The minimum Gasteiger partial charge on any atom is -0.391 e. The molecule has 0 aliphatic heterocycles. The van der Waals surface area contributed by atoms with Gasteiger partial charge in [0.15, 0.2) is 5.65 Å². The van der Waals surface area contributed by atoms with Gasteiger partial charge in [0.1, 0.15) is 22.8 Å². The number of nitrogens with zero attached hydrogens (tertiary/aromatic N) is 4. The largest absolute Gasteiger partial charge is 0.391 e. The lowest BCUT2D eigenvalue weighted by Gasteiger charge is -2.28. The van der Waals surface area contributed by atoms with Gasteiger partial charge in [-0.15, -0.1) is 0 Å². The first kappa shape index (κ1) is 20.1. The topological polar surface area (TPSA) is 87.9 Å². The number of anilines is 3. The second-order valence-electron chi connectivity index (χ2n) is 8.47. The number of fused-ring (bicyclic) bond motifs is 1. The van der Waals surface area contributed by atoms with Gasteiger partial charge in [0.2, 0.25) is 11.9 Å². The molecule has 0 spiro atoms. The van der Waals surface area contributed by atoms with Gasteiger partial charge in [0, 0.05) is 6.04 Å². The predicted octanol–water partition coefficient (Wildman–Crippen LogP) is 4.68. The van der Waals surface area contributed by atoms with E-state index in [-0.39, 0.29) is 17.8 Å². The lowest BCUT2D eigenvalue weighted by molar-refractivity contribution is 0.116. The van der Waals surface area contributed by atoms with Gasteiger partial charge in [-0.3, -0.25) is 4.57 Å². The lowest BCUT2D eigenvalue weighted by Crippen LogP contribution is -2.36. The summed E-state index contributed by atoms with van der Waals surface area (Å²) in [6.07, 6.45) is 8.98. The number of rotatable bonds is 5. The summed E-state index contributed by atoms with van der Waals surface area (Å²) in [7, 11) is 0. The van der Waals surface area contributed by atoms with E-state index in [1.54, 1.807) is 6.20 Å². The third-order valence-corrected chi connectivity index (χ3v) is 6.37. The Morgan fingerprint density at radius 3 is 2.42 bits per heavy atom. The Hall–Kier alpha value is -2.81. The van der Waals surface area contributed by atoms with E-state index in [0.717, 1.165) is 51.4 Å². The molecular formula is C22H26F2N6O. The molecule has 7 nitrogen and oxygen atoms in total. The summed E-state index contributed by atoms with van der Waals surface area (Å²) >= 11 is 0. The highest BCUT2D eigenvalue weighted by Gasteiger charge is 2.27. The van der Waals surface area contributed by atoms with Crippen LogP contribution < -0.4 is 10.6 Å². The maximum Gasteiger partial charge on any atom is 0.225 e. The molecule has 1 aromatic carbocycles. The van der Waals surface area contributed by atoms with Crippen LogP contribution in [0.15, 0.2) is 24.4 Å². The Balaban J connectivity index is 1.53. The fourth-order valence-electron chi connectivity index (χ4n) is 4.73. The molecule has 2 atom stereocenters. The molecule has 2 heterocycles. The number of imidazole rings is 1. The minimum atomic E-state index is -0.676. The van der Waals surface area contributed by atoms with Crippen LogP contribution in [-0.2, 0) is 0 Å². The Morgan fingerprint density at radius 1 is 0.968 bits per heavy atom. The molecule has 9 heteroatoms. The molecule has 2 saturated carbocycles. The van der Waals surface area contributed by atoms with Crippen molar-refractivity contribution in [1.82, 2.24) is 19.5 Å². The molecule has 3 N–H and O–H groups in total. The van der Waals surface area contributed by atoms with Crippen LogP contribution in [0.3, 0.4) is 0 Å². The SMILES string of the molecule is OC1CCCCC1Nc1ncc2nc(Nc3c(F)cccc3F)n(C3CCCC3)c2n1. The fourth-order valence-corrected chi connectivity index (χ4v) is 4.73. The molecule has 31 heavy (non-hydrogen) atoms. The molecule has 0 radical (unpaired) electrons. The van der Waals surface area contributed by atoms with Crippen LogP contribution in [0.1, 0.15) is 57.4 Å². The number of aliphatic hydroxyl groups is 1. The first-order valence-corrected chi connectivity index (χ1v) is 11.0. The summed E-state index contributed by atoms with van der Waals surface area (Å²) < 4.78 is 30.5. The highest BCUT2D eigenvalue weighted by molar-refractivity contribution is 5.76. The van der Waals surface area contributed by atoms with Gasteiger partial charge in [-0.05, 0) is 37.8 Å². The van der Waals surface area contributed by atoms with Crippen LogP contribution in [0.5, 0.6) is 0 Å². The smallest absolute Gasteiger partial charge is 0.225 e. The number of nitrogens with one attached hydrogen (secondary N) is 2. The quantitative estimate of drug-likeness (QED) is 0.547. The van der Waals surface area contributed by atoms with Crippen LogP contribution in [-0.4, -0.2) is 36.8 Å². The highest BCUT2D eigenvalue weighted by atomic mass is 19.1. The van der Waals surface area contributed by atoms with Crippen molar-refractivity contribution in [3.63, 3.8) is 0 Å². The van der Waals surface area contributed by atoms with Crippen molar-refractivity contribution in [2.24, 2.45) is 0 Å². The Morgan fingerprint density at radius 2 is 1.68 bits per heavy atom. The molecule has 3 aromatic rings. The molecule has 5 rings (SSSR count). The Kier molecular flexibility index (Phi) is 5.43. The Bertz CT molecular complexity index is 1060. The molecule has 2 aromatic heterocycles. The number of aliphatic hydroxyl groups excluding tert-OH is 1. The molecule has 2 fully saturated rings. The van der Waals surface area contributed by atoms with Gasteiger partial charge in [-0.1, -0.05) is 31.7 Å². The van der Waals surface area contributed by atoms with Crippen molar-refractivity contribution < 1.29 is 13.9 Å². The van der Waals surface area contributed by atoms with Crippen molar-refractivity contribution in [1.29, 1.82) is 0 Å². The van der Waals surface area contributed by atoms with Gasteiger partial charge in [-0.2, -0.15) is 4.98 Å². The molecule has 0 amide bonds. The molecular weight excluding hydrogens is 402 g/mol. The maximum atomic E-state index is 14.3. The van der Waals surface area contributed by atoms with Crippen LogP contribution in [0.25, 0.3) is 11.2 Å². The molecule has 0 bridgehead atoms. The summed E-state index contributed by atoms with van der Waals surface area (Å²) in [5, 5.41) is 16.4. The second-order valence-corrected chi connectivity index (χ2v) is 8.47. The molecule has 164 valence electrons. The second kappa shape index (κ2) is 8.37. The highest BCUT2D eigenvalue weighted by Crippen LogP contribution is 2.36. The predicted molar refractivity (Wildman–Crippen MR) is 114 cm³/mol. The number of benzene rings is 1. The van der Waals surface area contributed by atoms with Gasteiger partial charge in [0.25, 0.3) is 0 Å². The van der Waals surface area contributed by atoms with Crippen molar-refractivity contribution in [3.8, 4) is 0 Å². The van der Waals surface area contributed by atoms with Crippen LogP contribution in [0.4, 0.5) is 26.4 Å². The van der Waals surface area contributed by atoms with Crippen LogP contribution in [0.2, 0.25) is 0 Å². The first-order chi connectivity index (χ1) is 15.1. The molecule has 0 saturated heterocycles. The van der Waals surface area contributed by atoms with E-state index in [0.29, 0.717) is 23.1 Å². The van der Waals surface area contributed by atoms with E-state index in [9.17, 15) is 13.9 Å². The summed E-state index contributed by atoms with van der Waals surface area (Å²) in [4.78, 5) is 13.6. The molecule has 2 aliphatic rings. The number of hydrogen-bond donors (Lipinski definition) is 3. The monoisotopic (exact) mass is 428 g/mol. The number of hydrogen-bond acceptors (Lipinski definition) is 6.